The third kappa shape index (κ3) is 5.35. The third-order valence-corrected chi connectivity index (χ3v) is 3.48. The highest BCUT2D eigenvalue weighted by Gasteiger charge is 2.20. The van der Waals surface area contributed by atoms with Crippen molar-refractivity contribution in [1.29, 1.82) is 0 Å². The normalized spacial score (nSPS) is 12.3. The van der Waals surface area contributed by atoms with Crippen LogP contribution in [0.1, 0.15) is 38.5 Å². The molecule has 19 heavy (non-hydrogen) atoms. The monoisotopic (exact) mass is 268 g/mol. The van der Waals surface area contributed by atoms with Gasteiger partial charge in [0.2, 0.25) is 0 Å². The molecular formula is C15H28N2O2. The minimum Gasteiger partial charge on any atom is -0.467 e. The lowest BCUT2D eigenvalue weighted by atomic mass is 10.1. The molecule has 0 radical (unpaired) electrons. The van der Waals surface area contributed by atoms with Gasteiger partial charge < -0.3 is 19.4 Å². The molecule has 4 heteroatoms. The van der Waals surface area contributed by atoms with E-state index in [4.69, 9.17) is 9.15 Å². The minimum atomic E-state index is 0.0349. The van der Waals surface area contributed by atoms with Crippen molar-refractivity contribution in [3.05, 3.63) is 23.7 Å². The number of ether oxygens (including phenoxy) is 1. The number of rotatable bonds is 9. The Balaban J connectivity index is 2.39. The van der Waals surface area contributed by atoms with E-state index in [1.165, 1.54) is 5.56 Å². The minimum absolute atomic E-state index is 0.0349. The molecule has 0 atom stereocenters. The zero-order valence-electron chi connectivity index (χ0n) is 13.0. The molecule has 0 spiro atoms. The summed E-state index contributed by atoms with van der Waals surface area (Å²) in [5.74, 6) is 0.929. The average molecular weight is 268 g/mol. The van der Waals surface area contributed by atoms with Crippen molar-refractivity contribution >= 4 is 0 Å². The van der Waals surface area contributed by atoms with Gasteiger partial charge in [0.05, 0.1) is 12.9 Å². The van der Waals surface area contributed by atoms with E-state index >= 15 is 0 Å². The Kier molecular flexibility index (Phi) is 6.55. The lowest BCUT2D eigenvalue weighted by Gasteiger charge is -2.32. The van der Waals surface area contributed by atoms with Gasteiger partial charge >= 0.3 is 0 Å². The van der Waals surface area contributed by atoms with Crippen molar-refractivity contribution in [3.63, 3.8) is 0 Å². The van der Waals surface area contributed by atoms with Crippen molar-refractivity contribution in [2.45, 2.75) is 45.9 Å². The molecule has 1 aromatic heterocycles. The van der Waals surface area contributed by atoms with Gasteiger partial charge in [0, 0.05) is 17.6 Å². The summed E-state index contributed by atoms with van der Waals surface area (Å²) >= 11 is 0. The Bertz CT molecular complexity index is 359. The number of furan rings is 1. The van der Waals surface area contributed by atoms with Crippen LogP contribution in [0, 0.1) is 0 Å². The van der Waals surface area contributed by atoms with Crippen LogP contribution < -0.4 is 5.32 Å². The molecule has 1 heterocycles. The Labute approximate surface area is 117 Å². The van der Waals surface area contributed by atoms with Crippen molar-refractivity contribution in [2.24, 2.45) is 0 Å². The summed E-state index contributed by atoms with van der Waals surface area (Å²) < 4.78 is 11.3. The molecule has 0 aliphatic carbocycles. The van der Waals surface area contributed by atoms with E-state index in [1.54, 1.807) is 6.26 Å². The highest BCUT2D eigenvalue weighted by atomic mass is 16.5. The fourth-order valence-electron chi connectivity index (χ4n) is 1.57. The Morgan fingerprint density at radius 2 is 2.11 bits per heavy atom. The maximum absolute atomic E-state index is 5.79. The summed E-state index contributed by atoms with van der Waals surface area (Å²) in [5.41, 5.74) is 1.23. The molecule has 1 aromatic rings. The van der Waals surface area contributed by atoms with Crippen LogP contribution in [0.15, 0.2) is 16.7 Å². The molecule has 0 saturated heterocycles. The van der Waals surface area contributed by atoms with Crippen molar-refractivity contribution in [1.82, 2.24) is 10.2 Å². The average Bonchev–Trinajstić information content (AvgIpc) is 2.77. The maximum Gasteiger partial charge on any atom is 0.133 e. The van der Waals surface area contributed by atoms with Gasteiger partial charge in [0.1, 0.15) is 12.4 Å². The number of nitrogens with one attached hydrogen (secondary N) is 1. The maximum atomic E-state index is 5.79. The molecule has 0 saturated carbocycles. The highest BCUT2D eigenvalue weighted by Crippen LogP contribution is 2.15. The zero-order valence-corrected chi connectivity index (χ0v) is 13.0. The second-order valence-electron chi connectivity index (χ2n) is 5.75. The number of nitrogens with zero attached hydrogens (tertiary/aromatic N) is 1. The molecule has 0 unspecified atom stereocenters. The number of hydrogen-bond donors (Lipinski definition) is 1. The van der Waals surface area contributed by atoms with Gasteiger partial charge in [-0.1, -0.05) is 6.92 Å². The van der Waals surface area contributed by atoms with E-state index in [-0.39, 0.29) is 5.54 Å². The molecule has 0 aliphatic heterocycles. The lowest BCUT2D eigenvalue weighted by molar-refractivity contribution is 0.0205. The third-order valence-electron chi connectivity index (χ3n) is 3.48. The van der Waals surface area contributed by atoms with Crippen molar-refractivity contribution in [3.8, 4) is 0 Å². The molecule has 0 aromatic carbocycles. The van der Waals surface area contributed by atoms with Gasteiger partial charge in [0.15, 0.2) is 0 Å². The molecule has 0 bridgehead atoms. The summed E-state index contributed by atoms with van der Waals surface area (Å²) in [6.45, 7) is 9.59. The topological polar surface area (TPSA) is 37.6 Å². The fraction of sp³-hybridized carbons (Fsp3) is 0.733. The predicted octanol–water partition coefficient (Wildman–Crippen LogP) is 2.64. The van der Waals surface area contributed by atoms with Crippen LogP contribution >= 0.6 is 0 Å². The smallest absolute Gasteiger partial charge is 0.133 e. The standard InChI is InChI=1S/C15H28N2O2/c1-6-8-16-10-13-7-9-19-14(13)11-18-12-15(2,3)17(4)5/h7,9,16H,6,8,10-12H2,1-5H3. The van der Waals surface area contributed by atoms with E-state index in [0.717, 1.165) is 25.3 Å². The van der Waals surface area contributed by atoms with Crippen LogP contribution in [-0.2, 0) is 17.9 Å². The van der Waals surface area contributed by atoms with E-state index < -0.39 is 0 Å². The van der Waals surface area contributed by atoms with E-state index in [2.05, 4.69) is 45.1 Å². The van der Waals surface area contributed by atoms with Crippen LogP contribution in [0.4, 0.5) is 0 Å². The first-order chi connectivity index (χ1) is 8.97. The van der Waals surface area contributed by atoms with E-state index in [0.29, 0.717) is 13.2 Å². The predicted molar refractivity (Wildman–Crippen MR) is 78.1 cm³/mol. The van der Waals surface area contributed by atoms with E-state index in [9.17, 15) is 0 Å². The first-order valence-corrected chi connectivity index (χ1v) is 6.98. The Morgan fingerprint density at radius 1 is 1.37 bits per heavy atom. The quantitative estimate of drug-likeness (QED) is 0.699. The molecular weight excluding hydrogens is 240 g/mol. The summed E-state index contributed by atoms with van der Waals surface area (Å²) in [4.78, 5) is 2.17. The number of likely N-dealkylation sites (N-methyl/N-ethyl adjacent to an activating group) is 1. The fourth-order valence-corrected chi connectivity index (χ4v) is 1.57. The second kappa shape index (κ2) is 7.68. The largest absolute Gasteiger partial charge is 0.467 e. The van der Waals surface area contributed by atoms with Gasteiger partial charge in [-0.15, -0.1) is 0 Å². The SMILES string of the molecule is CCCNCc1ccoc1COCC(C)(C)N(C)C. The summed E-state index contributed by atoms with van der Waals surface area (Å²) in [6.07, 6.45) is 2.87. The van der Waals surface area contributed by atoms with Gasteiger partial charge in [-0.25, -0.2) is 0 Å². The summed E-state index contributed by atoms with van der Waals surface area (Å²) in [6, 6.07) is 2.01. The zero-order chi connectivity index (χ0) is 14.3. The van der Waals surface area contributed by atoms with Crippen molar-refractivity contribution < 1.29 is 9.15 Å². The van der Waals surface area contributed by atoms with Gasteiger partial charge in [0.25, 0.3) is 0 Å². The summed E-state index contributed by atoms with van der Waals surface area (Å²) in [5, 5.41) is 3.38. The number of hydrogen-bond acceptors (Lipinski definition) is 4. The Hall–Kier alpha value is -0.840. The first-order valence-electron chi connectivity index (χ1n) is 6.98. The lowest BCUT2D eigenvalue weighted by Crippen LogP contribution is -2.42. The summed E-state index contributed by atoms with van der Waals surface area (Å²) in [7, 11) is 4.13. The van der Waals surface area contributed by atoms with Crippen molar-refractivity contribution in [2.75, 3.05) is 27.2 Å². The van der Waals surface area contributed by atoms with E-state index in [1.807, 2.05) is 6.07 Å². The van der Waals surface area contributed by atoms with Crippen LogP contribution in [0.3, 0.4) is 0 Å². The molecule has 110 valence electrons. The highest BCUT2D eigenvalue weighted by molar-refractivity contribution is 5.16. The molecule has 0 amide bonds. The van der Waals surface area contributed by atoms with Gasteiger partial charge in [-0.05, 0) is 47.0 Å². The van der Waals surface area contributed by atoms with Crippen LogP contribution in [0.5, 0.6) is 0 Å². The van der Waals surface area contributed by atoms with Crippen LogP contribution in [-0.4, -0.2) is 37.7 Å². The molecule has 1 rings (SSSR count). The molecule has 0 aliphatic rings. The van der Waals surface area contributed by atoms with Gasteiger partial charge in [-0.3, -0.25) is 0 Å². The second-order valence-corrected chi connectivity index (χ2v) is 5.75. The Morgan fingerprint density at radius 3 is 2.74 bits per heavy atom. The molecule has 4 nitrogen and oxygen atoms in total. The van der Waals surface area contributed by atoms with Crippen LogP contribution in [0.25, 0.3) is 0 Å². The molecule has 0 fully saturated rings. The van der Waals surface area contributed by atoms with Gasteiger partial charge in [-0.2, -0.15) is 0 Å². The first kappa shape index (κ1) is 16.2. The van der Waals surface area contributed by atoms with Crippen LogP contribution in [0.2, 0.25) is 0 Å². The molecule has 1 N–H and O–H groups in total.